The Morgan fingerprint density at radius 2 is 1.59 bits per heavy atom. The summed E-state index contributed by atoms with van der Waals surface area (Å²) in [6, 6.07) is 18.2. The Bertz CT molecular complexity index is 2020. The zero-order chi connectivity index (χ0) is 39.4. The molecule has 1 N–H and O–H groups in total. The van der Waals surface area contributed by atoms with Crippen LogP contribution in [0.25, 0.3) is 0 Å². The third kappa shape index (κ3) is 9.54. The van der Waals surface area contributed by atoms with Gasteiger partial charge in [-0.1, -0.05) is 47.5 Å². The molecule has 2 aliphatic heterocycles. The first-order valence-corrected chi connectivity index (χ1v) is 20.1. The number of carbonyl (C=O) groups is 2. The van der Waals surface area contributed by atoms with Crippen molar-refractivity contribution in [2.45, 2.75) is 63.6 Å². The molecule has 2 atom stereocenters. The standard InChI is InChI=1S/C39H47Cl2N7O5S/c1-7-53-32-23-26(2)33(54(51,52)44-39(3,4)5)24-31(32)37-43-35(27-9-13-29(40)14-10-27)36(28-11-15-30(41)16-12-28)48(37)38(50)47-21-19-46(20-22-47)25-34(49)45(6)18-8-17-42/h9-16,23-24,35-36,44H,7-8,18-22,25H2,1-6H3/t35-,36+/m0/s1. The highest BCUT2D eigenvalue weighted by atomic mass is 35.5. The molecule has 15 heteroatoms. The van der Waals surface area contributed by atoms with Crippen molar-refractivity contribution in [1.29, 1.82) is 5.26 Å². The number of amides is 3. The molecule has 3 aromatic rings. The Labute approximate surface area is 328 Å². The van der Waals surface area contributed by atoms with Crippen LogP contribution in [-0.4, -0.2) is 104 Å². The maximum Gasteiger partial charge on any atom is 0.326 e. The molecule has 54 heavy (non-hydrogen) atoms. The van der Waals surface area contributed by atoms with E-state index >= 15 is 4.79 Å². The van der Waals surface area contributed by atoms with Crippen molar-refractivity contribution in [2.75, 3.05) is 52.9 Å². The third-order valence-corrected chi connectivity index (χ3v) is 11.6. The van der Waals surface area contributed by atoms with Gasteiger partial charge in [0.25, 0.3) is 0 Å². The van der Waals surface area contributed by atoms with Crippen molar-refractivity contribution in [1.82, 2.24) is 24.3 Å². The van der Waals surface area contributed by atoms with Crippen LogP contribution in [0, 0.1) is 18.3 Å². The van der Waals surface area contributed by atoms with E-state index in [0.29, 0.717) is 59.6 Å². The minimum atomic E-state index is -4.02. The Hall–Kier alpha value is -4.19. The number of piperazine rings is 1. The molecule has 1 fully saturated rings. The highest BCUT2D eigenvalue weighted by molar-refractivity contribution is 7.89. The highest BCUT2D eigenvalue weighted by Gasteiger charge is 2.45. The molecule has 0 aliphatic carbocycles. The monoisotopic (exact) mass is 795 g/mol. The molecule has 0 aromatic heterocycles. The number of hydrogen-bond acceptors (Lipinski definition) is 8. The van der Waals surface area contributed by atoms with Crippen LogP contribution in [0.3, 0.4) is 0 Å². The molecule has 12 nitrogen and oxygen atoms in total. The predicted molar refractivity (Wildman–Crippen MR) is 210 cm³/mol. The van der Waals surface area contributed by atoms with Crippen LogP contribution < -0.4 is 9.46 Å². The number of nitrogens with zero attached hydrogens (tertiary/aromatic N) is 6. The molecular formula is C39H47Cl2N7O5S. The van der Waals surface area contributed by atoms with Gasteiger partial charge in [0.15, 0.2) is 0 Å². The Balaban J connectivity index is 1.62. The average molecular weight is 797 g/mol. The van der Waals surface area contributed by atoms with Crippen molar-refractivity contribution < 1.29 is 22.7 Å². The van der Waals surface area contributed by atoms with E-state index in [4.69, 9.17) is 38.2 Å². The van der Waals surface area contributed by atoms with Crippen molar-refractivity contribution in [3.05, 3.63) is 93.0 Å². The van der Waals surface area contributed by atoms with Gasteiger partial charge in [0.2, 0.25) is 15.9 Å². The van der Waals surface area contributed by atoms with E-state index in [1.807, 2.05) is 36.1 Å². The molecule has 0 radical (unpaired) electrons. The molecule has 0 unspecified atom stereocenters. The number of hydrogen-bond donors (Lipinski definition) is 1. The summed E-state index contributed by atoms with van der Waals surface area (Å²) in [5, 5.41) is 10.00. The number of carbonyl (C=O) groups excluding carboxylic acids is 2. The van der Waals surface area contributed by atoms with Crippen molar-refractivity contribution in [2.24, 2.45) is 4.99 Å². The number of aryl methyl sites for hydroxylation is 1. The molecule has 288 valence electrons. The first kappa shape index (κ1) is 41.0. The normalized spacial score (nSPS) is 17.9. The maximum atomic E-state index is 15.1. The molecular weight excluding hydrogens is 749 g/mol. The molecule has 3 amide bonds. The fourth-order valence-electron chi connectivity index (χ4n) is 6.62. The lowest BCUT2D eigenvalue weighted by molar-refractivity contribution is -0.131. The van der Waals surface area contributed by atoms with Crippen LogP contribution in [-0.2, 0) is 14.8 Å². The molecule has 2 heterocycles. The number of halogens is 2. The fraction of sp³-hybridized carbons (Fsp3) is 0.436. The number of nitrogens with one attached hydrogen (secondary N) is 1. The summed E-state index contributed by atoms with van der Waals surface area (Å²) in [5.41, 5.74) is 1.63. The zero-order valence-corrected chi connectivity index (χ0v) is 33.8. The summed E-state index contributed by atoms with van der Waals surface area (Å²) in [6.07, 6.45) is 0.253. The minimum absolute atomic E-state index is 0.0435. The number of urea groups is 1. The predicted octanol–water partition coefficient (Wildman–Crippen LogP) is 6.43. The van der Waals surface area contributed by atoms with Gasteiger partial charge in [0, 0.05) is 55.4 Å². The molecule has 2 aliphatic rings. The quantitative estimate of drug-likeness (QED) is 0.236. The lowest BCUT2D eigenvalue weighted by Gasteiger charge is -2.39. The number of ether oxygens (including phenoxy) is 1. The Morgan fingerprint density at radius 3 is 2.15 bits per heavy atom. The highest BCUT2D eigenvalue weighted by Crippen LogP contribution is 2.46. The van der Waals surface area contributed by atoms with Crippen LogP contribution in [0.2, 0.25) is 10.0 Å². The second-order valence-corrected chi connectivity index (χ2v) is 17.0. The molecule has 5 rings (SSSR count). The topological polar surface area (TPSA) is 139 Å². The van der Waals surface area contributed by atoms with Gasteiger partial charge in [-0.2, -0.15) is 5.26 Å². The number of likely N-dealkylation sites (N-methyl/N-ethyl adjacent to an activating group) is 1. The van der Waals surface area contributed by atoms with Crippen LogP contribution in [0.5, 0.6) is 5.75 Å². The van der Waals surface area contributed by atoms with Crippen LogP contribution in [0.15, 0.2) is 70.6 Å². The van der Waals surface area contributed by atoms with Crippen LogP contribution >= 0.6 is 23.2 Å². The lowest BCUT2D eigenvalue weighted by atomic mass is 9.93. The van der Waals surface area contributed by atoms with E-state index < -0.39 is 27.6 Å². The van der Waals surface area contributed by atoms with Gasteiger partial charge < -0.3 is 14.5 Å². The van der Waals surface area contributed by atoms with E-state index in [-0.39, 0.29) is 42.2 Å². The van der Waals surface area contributed by atoms with Crippen molar-refractivity contribution >= 4 is 51.0 Å². The lowest BCUT2D eigenvalue weighted by Crippen LogP contribution is -2.55. The number of sulfonamides is 1. The molecule has 0 bridgehead atoms. The molecule has 1 saturated heterocycles. The molecule has 0 spiro atoms. The molecule has 0 saturated carbocycles. The number of amidine groups is 1. The van der Waals surface area contributed by atoms with Gasteiger partial charge in [-0.25, -0.2) is 17.9 Å². The van der Waals surface area contributed by atoms with Crippen molar-refractivity contribution in [3.8, 4) is 11.8 Å². The third-order valence-electron chi connectivity index (χ3n) is 9.23. The van der Waals surface area contributed by atoms with Gasteiger partial charge >= 0.3 is 6.03 Å². The van der Waals surface area contributed by atoms with E-state index in [9.17, 15) is 13.2 Å². The van der Waals surface area contributed by atoms with E-state index in [1.165, 1.54) is 0 Å². The van der Waals surface area contributed by atoms with Gasteiger partial charge in [-0.05, 0) is 87.7 Å². The first-order chi connectivity index (χ1) is 25.5. The van der Waals surface area contributed by atoms with E-state index in [2.05, 4.69) is 10.8 Å². The van der Waals surface area contributed by atoms with Crippen LogP contribution in [0.4, 0.5) is 4.79 Å². The molecule has 3 aromatic carbocycles. The Morgan fingerprint density at radius 1 is 1.00 bits per heavy atom. The number of benzene rings is 3. The Kier molecular flexibility index (Phi) is 13.0. The van der Waals surface area contributed by atoms with Gasteiger partial charge in [-0.3, -0.25) is 19.6 Å². The summed E-state index contributed by atoms with van der Waals surface area (Å²) in [6.45, 7) is 11.2. The number of rotatable bonds is 11. The maximum absolute atomic E-state index is 15.1. The van der Waals surface area contributed by atoms with Crippen molar-refractivity contribution in [3.63, 3.8) is 0 Å². The van der Waals surface area contributed by atoms with Crippen LogP contribution in [0.1, 0.15) is 68.5 Å². The minimum Gasteiger partial charge on any atom is -0.493 e. The second-order valence-electron chi connectivity index (χ2n) is 14.5. The largest absolute Gasteiger partial charge is 0.493 e. The number of aliphatic imine (C=N–C) groups is 1. The second kappa shape index (κ2) is 17.1. The SMILES string of the molecule is CCOc1cc(C)c(S(=O)(=O)NC(C)(C)C)cc1C1=N[C@@H](c2ccc(Cl)cc2)[C@@H](c2ccc(Cl)cc2)N1C(=O)N1CCN(CC(=O)N(C)CCC#N)CC1. The number of nitriles is 1. The smallest absolute Gasteiger partial charge is 0.326 e. The van der Waals surface area contributed by atoms with Gasteiger partial charge in [0.05, 0.1) is 42.1 Å². The zero-order valence-electron chi connectivity index (χ0n) is 31.5. The summed E-state index contributed by atoms with van der Waals surface area (Å²) >= 11 is 12.7. The first-order valence-electron chi connectivity index (χ1n) is 17.8. The van der Waals surface area contributed by atoms with E-state index in [1.54, 1.807) is 85.8 Å². The summed E-state index contributed by atoms with van der Waals surface area (Å²) in [4.78, 5) is 40.1. The summed E-state index contributed by atoms with van der Waals surface area (Å²) in [5.74, 6) is 0.547. The van der Waals surface area contributed by atoms with Gasteiger partial charge in [0.1, 0.15) is 17.6 Å². The van der Waals surface area contributed by atoms with Gasteiger partial charge in [-0.15, -0.1) is 0 Å². The average Bonchev–Trinajstić information content (AvgIpc) is 3.50. The fourth-order valence-corrected chi connectivity index (χ4v) is 8.54. The van der Waals surface area contributed by atoms with E-state index in [0.717, 1.165) is 11.1 Å². The summed E-state index contributed by atoms with van der Waals surface area (Å²) < 4.78 is 36.6. The summed E-state index contributed by atoms with van der Waals surface area (Å²) in [7, 11) is -2.34.